The first-order valence-corrected chi connectivity index (χ1v) is 10.5. The lowest BCUT2D eigenvalue weighted by molar-refractivity contribution is -0.127. The molecule has 0 aliphatic carbocycles. The van der Waals surface area contributed by atoms with Crippen LogP contribution in [-0.4, -0.2) is 43.1 Å². The van der Waals surface area contributed by atoms with Crippen LogP contribution in [0.2, 0.25) is 0 Å². The summed E-state index contributed by atoms with van der Waals surface area (Å²) >= 11 is 0. The highest BCUT2D eigenvalue weighted by Crippen LogP contribution is 2.38. The molecule has 1 saturated heterocycles. The smallest absolute Gasteiger partial charge is 0.226 e. The summed E-state index contributed by atoms with van der Waals surface area (Å²) in [5, 5.41) is 12.2. The van der Waals surface area contributed by atoms with Gasteiger partial charge in [0.25, 0.3) is 0 Å². The predicted octanol–water partition coefficient (Wildman–Crippen LogP) is 2.29. The largest absolute Gasteiger partial charge is 0.373 e. The second-order valence-electron chi connectivity index (χ2n) is 8.12. The zero-order valence-corrected chi connectivity index (χ0v) is 17.3. The fourth-order valence-corrected chi connectivity index (χ4v) is 4.69. The number of aromatic nitrogens is 5. The number of para-hydroxylation sites is 1. The van der Waals surface area contributed by atoms with Crippen LogP contribution in [0.4, 0.5) is 0 Å². The van der Waals surface area contributed by atoms with Crippen molar-refractivity contribution in [2.75, 3.05) is 6.61 Å². The molecule has 1 N–H and O–H groups in total. The van der Waals surface area contributed by atoms with E-state index in [4.69, 9.17) is 9.84 Å². The average molecular weight is 406 g/mol. The van der Waals surface area contributed by atoms with Gasteiger partial charge in [-0.05, 0) is 38.8 Å². The van der Waals surface area contributed by atoms with Crippen molar-refractivity contribution < 1.29 is 9.53 Å². The van der Waals surface area contributed by atoms with Crippen LogP contribution >= 0.6 is 0 Å². The molecule has 30 heavy (non-hydrogen) atoms. The van der Waals surface area contributed by atoms with E-state index < -0.39 is 0 Å². The van der Waals surface area contributed by atoms with E-state index in [2.05, 4.69) is 15.4 Å². The first-order chi connectivity index (χ1) is 14.6. The van der Waals surface area contributed by atoms with Crippen molar-refractivity contribution in [2.45, 2.75) is 51.8 Å². The van der Waals surface area contributed by atoms with E-state index in [0.717, 1.165) is 41.3 Å². The van der Waals surface area contributed by atoms with Crippen LogP contribution in [-0.2, 0) is 22.5 Å². The van der Waals surface area contributed by atoms with E-state index in [1.54, 1.807) is 6.33 Å². The number of amides is 1. The highest BCUT2D eigenvalue weighted by molar-refractivity contribution is 5.80. The number of hydrogen-bond donors (Lipinski definition) is 1. The standard InChI is InChI=1S/C22H26N6O2/c1-14-20(15(2)28(26-14)17-6-4-3-5-7-17)21-18(10-11-30-21)22(29)25-16-8-9-19-23-13-24-27(19)12-16/h3-7,13,16,18,21H,8-12H2,1-2H3,(H,25,29)/t16?,18-,21-/m0/s1. The fraction of sp³-hybridized carbons (Fsp3) is 0.455. The van der Waals surface area contributed by atoms with Gasteiger partial charge in [-0.2, -0.15) is 10.2 Å². The zero-order chi connectivity index (χ0) is 20.7. The lowest BCUT2D eigenvalue weighted by atomic mass is 9.92. The van der Waals surface area contributed by atoms with Crippen molar-refractivity contribution in [3.8, 4) is 5.69 Å². The summed E-state index contributed by atoms with van der Waals surface area (Å²) in [5.41, 5.74) is 3.97. The van der Waals surface area contributed by atoms with E-state index in [9.17, 15) is 4.79 Å². The van der Waals surface area contributed by atoms with Crippen molar-refractivity contribution in [2.24, 2.45) is 5.92 Å². The highest BCUT2D eigenvalue weighted by atomic mass is 16.5. The van der Waals surface area contributed by atoms with Gasteiger partial charge in [-0.25, -0.2) is 14.3 Å². The lowest BCUT2D eigenvalue weighted by Gasteiger charge is -2.26. The molecule has 0 radical (unpaired) electrons. The topological polar surface area (TPSA) is 86.9 Å². The molecule has 0 spiro atoms. The monoisotopic (exact) mass is 406 g/mol. The third-order valence-electron chi connectivity index (χ3n) is 6.21. The molecule has 1 amide bonds. The summed E-state index contributed by atoms with van der Waals surface area (Å²) in [5.74, 6) is 0.826. The van der Waals surface area contributed by atoms with Gasteiger partial charge < -0.3 is 10.1 Å². The molecular formula is C22H26N6O2. The van der Waals surface area contributed by atoms with Crippen molar-refractivity contribution in [3.63, 3.8) is 0 Å². The molecule has 8 nitrogen and oxygen atoms in total. The number of ether oxygens (including phenoxy) is 1. The van der Waals surface area contributed by atoms with Crippen LogP contribution in [0.15, 0.2) is 36.7 Å². The average Bonchev–Trinajstić information content (AvgIpc) is 3.47. The number of hydrogen-bond acceptors (Lipinski definition) is 5. The van der Waals surface area contributed by atoms with Crippen LogP contribution < -0.4 is 5.32 Å². The fourth-order valence-electron chi connectivity index (χ4n) is 4.69. The maximum atomic E-state index is 13.2. The Morgan fingerprint density at radius 1 is 1.20 bits per heavy atom. The molecule has 1 fully saturated rings. The SMILES string of the molecule is Cc1nn(-c2ccccc2)c(C)c1[C@H]1OCC[C@@H]1C(=O)NC1CCc2ncnn2C1. The molecule has 8 heteroatoms. The molecule has 156 valence electrons. The molecule has 1 unspecified atom stereocenters. The minimum absolute atomic E-state index is 0.0531. The molecule has 1 aromatic carbocycles. The van der Waals surface area contributed by atoms with Gasteiger partial charge in [0.1, 0.15) is 12.2 Å². The molecule has 2 aromatic heterocycles. The van der Waals surface area contributed by atoms with Crippen LogP contribution in [0.25, 0.3) is 5.69 Å². The number of nitrogens with one attached hydrogen (secondary N) is 1. The second kappa shape index (κ2) is 7.68. The second-order valence-corrected chi connectivity index (χ2v) is 8.12. The van der Waals surface area contributed by atoms with Crippen molar-refractivity contribution in [3.05, 3.63) is 59.4 Å². The molecule has 3 atom stereocenters. The van der Waals surface area contributed by atoms with E-state index in [-0.39, 0.29) is 24.0 Å². The van der Waals surface area contributed by atoms with Crippen LogP contribution in [0, 0.1) is 19.8 Å². The molecule has 2 aliphatic heterocycles. The number of aryl methyl sites for hydroxylation is 2. The normalized spacial score (nSPS) is 23.3. The Morgan fingerprint density at radius 3 is 2.87 bits per heavy atom. The molecule has 0 bridgehead atoms. The maximum absolute atomic E-state index is 13.2. The summed E-state index contributed by atoms with van der Waals surface area (Å²) in [7, 11) is 0. The van der Waals surface area contributed by atoms with E-state index in [0.29, 0.717) is 19.6 Å². The molecule has 2 aliphatic rings. The minimum atomic E-state index is -0.270. The number of nitrogens with zero attached hydrogens (tertiary/aromatic N) is 5. The summed E-state index contributed by atoms with van der Waals surface area (Å²) in [6.07, 6.45) is 3.74. The van der Waals surface area contributed by atoms with Gasteiger partial charge in [0.15, 0.2) is 0 Å². The van der Waals surface area contributed by atoms with Crippen molar-refractivity contribution in [1.82, 2.24) is 29.9 Å². The summed E-state index contributed by atoms with van der Waals surface area (Å²) in [6, 6.07) is 10.1. The summed E-state index contributed by atoms with van der Waals surface area (Å²) < 4.78 is 9.90. The van der Waals surface area contributed by atoms with Crippen LogP contribution in [0.5, 0.6) is 0 Å². The Kier molecular flexibility index (Phi) is 4.86. The molecular weight excluding hydrogens is 380 g/mol. The Hall–Kier alpha value is -3.00. The van der Waals surface area contributed by atoms with Gasteiger partial charge in [0.05, 0.1) is 29.9 Å². The number of rotatable bonds is 4. The van der Waals surface area contributed by atoms with Gasteiger partial charge >= 0.3 is 0 Å². The summed E-state index contributed by atoms with van der Waals surface area (Å²) in [4.78, 5) is 17.4. The Morgan fingerprint density at radius 2 is 2.03 bits per heavy atom. The number of carbonyl (C=O) groups is 1. The van der Waals surface area contributed by atoms with Crippen LogP contribution in [0.1, 0.15) is 41.7 Å². The maximum Gasteiger partial charge on any atom is 0.226 e. The molecule has 4 heterocycles. The number of benzene rings is 1. The third kappa shape index (κ3) is 3.31. The first kappa shape index (κ1) is 19.0. The highest BCUT2D eigenvalue weighted by Gasteiger charge is 2.39. The van der Waals surface area contributed by atoms with Gasteiger partial charge in [0, 0.05) is 30.3 Å². The third-order valence-corrected chi connectivity index (χ3v) is 6.21. The Bertz CT molecular complexity index is 1060. The van der Waals surface area contributed by atoms with Gasteiger partial charge in [-0.3, -0.25) is 4.79 Å². The lowest BCUT2D eigenvalue weighted by Crippen LogP contribution is -2.44. The van der Waals surface area contributed by atoms with Crippen molar-refractivity contribution in [1.29, 1.82) is 0 Å². The molecule has 0 saturated carbocycles. The Labute approximate surface area is 175 Å². The van der Waals surface area contributed by atoms with Gasteiger partial charge in [-0.1, -0.05) is 18.2 Å². The summed E-state index contributed by atoms with van der Waals surface area (Å²) in [6.45, 7) is 5.29. The van der Waals surface area contributed by atoms with Crippen LogP contribution in [0.3, 0.4) is 0 Å². The minimum Gasteiger partial charge on any atom is -0.373 e. The Balaban J connectivity index is 1.35. The predicted molar refractivity (Wildman–Crippen MR) is 110 cm³/mol. The number of fused-ring (bicyclic) bond motifs is 1. The quantitative estimate of drug-likeness (QED) is 0.718. The first-order valence-electron chi connectivity index (χ1n) is 10.5. The van der Waals surface area contributed by atoms with Crippen molar-refractivity contribution >= 4 is 5.91 Å². The van der Waals surface area contributed by atoms with Gasteiger partial charge in [-0.15, -0.1) is 0 Å². The zero-order valence-electron chi connectivity index (χ0n) is 17.3. The van der Waals surface area contributed by atoms with E-state index >= 15 is 0 Å². The van der Waals surface area contributed by atoms with E-state index in [1.807, 2.05) is 53.5 Å². The van der Waals surface area contributed by atoms with E-state index in [1.165, 1.54) is 0 Å². The molecule has 3 aromatic rings. The number of carbonyl (C=O) groups excluding carboxylic acids is 1. The van der Waals surface area contributed by atoms with Gasteiger partial charge in [0.2, 0.25) is 5.91 Å². The molecule has 5 rings (SSSR count).